The van der Waals surface area contributed by atoms with E-state index in [2.05, 4.69) is 5.10 Å². The molecule has 1 aromatic heterocycles. The summed E-state index contributed by atoms with van der Waals surface area (Å²) in [5.41, 5.74) is 7.34. The predicted molar refractivity (Wildman–Crippen MR) is 67.3 cm³/mol. The average molecular weight is 246 g/mol. The molecule has 0 aliphatic carbocycles. The molecule has 0 fully saturated rings. The van der Waals surface area contributed by atoms with Crippen LogP contribution in [0.2, 0.25) is 5.02 Å². The first-order chi connectivity index (χ1) is 7.02. The molecular formula is C10H16ClN3S. The zero-order valence-electron chi connectivity index (χ0n) is 9.09. The summed E-state index contributed by atoms with van der Waals surface area (Å²) in [6.07, 6.45) is 2.84. The molecule has 0 aliphatic heterocycles. The van der Waals surface area contributed by atoms with Gasteiger partial charge in [-0.05, 0) is 33.1 Å². The van der Waals surface area contributed by atoms with Gasteiger partial charge < -0.3 is 5.73 Å². The summed E-state index contributed by atoms with van der Waals surface area (Å²) in [4.78, 5) is 0.585. The van der Waals surface area contributed by atoms with Gasteiger partial charge in [-0.1, -0.05) is 23.8 Å². The van der Waals surface area contributed by atoms with E-state index in [0.29, 0.717) is 4.99 Å². The standard InChI is InChI=1S/C10H16ClN3S/c1-7-10(11)8(2)14(13-7)6-4-3-5-9(12)15/h3-6H2,1-2H3,(H2,12,15). The first-order valence-corrected chi connectivity index (χ1v) is 5.78. The van der Waals surface area contributed by atoms with Gasteiger partial charge in [0.25, 0.3) is 0 Å². The predicted octanol–water partition coefficient (Wildman–Crippen LogP) is 2.61. The summed E-state index contributed by atoms with van der Waals surface area (Å²) in [5, 5.41) is 5.11. The van der Waals surface area contributed by atoms with Gasteiger partial charge in [0.15, 0.2) is 0 Å². The van der Waals surface area contributed by atoms with E-state index in [4.69, 9.17) is 29.6 Å². The van der Waals surface area contributed by atoms with Crippen molar-refractivity contribution in [3.8, 4) is 0 Å². The molecule has 1 aromatic rings. The quantitative estimate of drug-likeness (QED) is 0.641. The normalized spacial score (nSPS) is 10.6. The van der Waals surface area contributed by atoms with Gasteiger partial charge in [-0.3, -0.25) is 4.68 Å². The lowest BCUT2D eigenvalue weighted by atomic mass is 10.2. The Kier molecular flexibility index (Phi) is 4.54. The lowest BCUT2D eigenvalue weighted by Gasteiger charge is -2.03. The number of hydrogen-bond donors (Lipinski definition) is 1. The molecule has 0 amide bonds. The fourth-order valence-corrected chi connectivity index (χ4v) is 1.73. The zero-order valence-corrected chi connectivity index (χ0v) is 10.7. The van der Waals surface area contributed by atoms with Crippen molar-refractivity contribution in [1.82, 2.24) is 9.78 Å². The summed E-state index contributed by atoms with van der Waals surface area (Å²) in [6.45, 7) is 4.78. The van der Waals surface area contributed by atoms with Gasteiger partial charge in [0.2, 0.25) is 0 Å². The SMILES string of the molecule is Cc1nn(CCCCC(N)=S)c(C)c1Cl. The zero-order chi connectivity index (χ0) is 11.4. The van der Waals surface area contributed by atoms with Crippen LogP contribution in [0.5, 0.6) is 0 Å². The minimum Gasteiger partial charge on any atom is -0.393 e. The maximum Gasteiger partial charge on any atom is 0.0844 e. The molecule has 0 radical (unpaired) electrons. The van der Waals surface area contributed by atoms with Crippen LogP contribution in [0.1, 0.15) is 30.7 Å². The molecule has 15 heavy (non-hydrogen) atoms. The van der Waals surface area contributed by atoms with Crippen LogP contribution in [-0.4, -0.2) is 14.8 Å². The number of hydrogen-bond acceptors (Lipinski definition) is 2. The Morgan fingerprint density at radius 2 is 2.13 bits per heavy atom. The van der Waals surface area contributed by atoms with Crippen LogP contribution in [0.25, 0.3) is 0 Å². The minimum atomic E-state index is 0.585. The first kappa shape index (κ1) is 12.5. The summed E-state index contributed by atoms with van der Waals surface area (Å²) in [7, 11) is 0. The fourth-order valence-electron chi connectivity index (χ4n) is 1.45. The van der Waals surface area contributed by atoms with Crippen molar-refractivity contribution in [2.45, 2.75) is 39.7 Å². The molecular weight excluding hydrogens is 230 g/mol. The van der Waals surface area contributed by atoms with Crippen molar-refractivity contribution in [3.05, 3.63) is 16.4 Å². The molecule has 0 bridgehead atoms. The third-order valence-corrected chi connectivity index (χ3v) is 3.09. The van der Waals surface area contributed by atoms with Crippen molar-refractivity contribution in [3.63, 3.8) is 0 Å². The number of rotatable bonds is 5. The largest absolute Gasteiger partial charge is 0.393 e. The van der Waals surface area contributed by atoms with Crippen LogP contribution in [0.3, 0.4) is 0 Å². The Hall–Kier alpha value is -0.610. The van der Waals surface area contributed by atoms with Crippen molar-refractivity contribution in [1.29, 1.82) is 0 Å². The number of aromatic nitrogens is 2. The van der Waals surface area contributed by atoms with Gasteiger partial charge in [-0.15, -0.1) is 0 Å². The smallest absolute Gasteiger partial charge is 0.0844 e. The second-order valence-corrected chi connectivity index (χ2v) is 4.53. The van der Waals surface area contributed by atoms with Crippen molar-refractivity contribution < 1.29 is 0 Å². The van der Waals surface area contributed by atoms with E-state index in [9.17, 15) is 0 Å². The second-order valence-electron chi connectivity index (χ2n) is 3.63. The van der Waals surface area contributed by atoms with Gasteiger partial charge in [0.05, 0.1) is 21.4 Å². The molecule has 0 saturated carbocycles. The summed E-state index contributed by atoms with van der Waals surface area (Å²) in [5.74, 6) is 0. The van der Waals surface area contributed by atoms with Gasteiger partial charge >= 0.3 is 0 Å². The van der Waals surface area contributed by atoms with Gasteiger partial charge in [0.1, 0.15) is 0 Å². The molecule has 0 aliphatic rings. The van der Waals surface area contributed by atoms with E-state index in [1.54, 1.807) is 0 Å². The van der Waals surface area contributed by atoms with E-state index < -0.39 is 0 Å². The fraction of sp³-hybridized carbons (Fsp3) is 0.600. The highest BCUT2D eigenvalue weighted by molar-refractivity contribution is 7.80. The van der Waals surface area contributed by atoms with Gasteiger partial charge in [-0.25, -0.2) is 0 Å². The molecule has 0 aromatic carbocycles. The molecule has 0 spiro atoms. The Morgan fingerprint density at radius 3 is 2.60 bits per heavy atom. The topological polar surface area (TPSA) is 43.8 Å². The second kappa shape index (κ2) is 5.47. The van der Waals surface area contributed by atoms with Crippen LogP contribution in [-0.2, 0) is 6.54 Å². The van der Waals surface area contributed by atoms with Crippen LogP contribution in [0, 0.1) is 13.8 Å². The number of halogens is 1. The lowest BCUT2D eigenvalue weighted by molar-refractivity contribution is 0.549. The molecule has 5 heteroatoms. The van der Waals surface area contributed by atoms with Gasteiger partial charge in [-0.2, -0.15) is 5.10 Å². The molecule has 0 unspecified atom stereocenters. The minimum absolute atomic E-state index is 0.585. The summed E-state index contributed by atoms with van der Waals surface area (Å²) >= 11 is 10.8. The monoisotopic (exact) mass is 245 g/mol. The van der Waals surface area contributed by atoms with E-state index in [0.717, 1.165) is 42.2 Å². The summed E-state index contributed by atoms with van der Waals surface area (Å²) in [6, 6.07) is 0. The maximum atomic E-state index is 6.04. The highest BCUT2D eigenvalue weighted by Gasteiger charge is 2.08. The van der Waals surface area contributed by atoms with E-state index in [1.165, 1.54) is 0 Å². The Morgan fingerprint density at radius 1 is 1.47 bits per heavy atom. The number of thiocarbonyl (C=S) groups is 1. The van der Waals surface area contributed by atoms with E-state index >= 15 is 0 Å². The molecule has 84 valence electrons. The Labute approximate surface area is 101 Å². The molecule has 1 rings (SSSR count). The van der Waals surface area contributed by atoms with E-state index in [-0.39, 0.29) is 0 Å². The Bertz CT molecular complexity index is 360. The number of nitrogens with zero attached hydrogens (tertiary/aromatic N) is 2. The molecule has 2 N–H and O–H groups in total. The molecule has 0 atom stereocenters. The molecule has 1 heterocycles. The highest BCUT2D eigenvalue weighted by Crippen LogP contribution is 2.19. The average Bonchev–Trinajstić information content (AvgIpc) is 2.41. The van der Waals surface area contributed by atoms with Crippen molar-refractivity contribution in [2.24, 2.45) is 5.73 Å². The van der Waals surface area contributed by atoms with Crippen LogP contribution >= 0.6 is 23.8 Å². The van der Waals surface area contributed by atoms with Crippen LogP contribution in [0.4, 0.5) is 0 Å². The highest BCUT2D eigenvalue weighted by atomic mass is 35.5. The van der Waals surface area contributed by atoms with Crippen LogP contribution in [0.15, 0.2) is 0 Å². The Balaban J connectivity index is 2.44. The van der Waals surface area contributed by atoms with Crippen LogP contribution < -0.4 is 5.73 Å². The summed E-state index contributed by atoms with van der Waals surface area (Å²) < 4.78 is 1.94. The lowest BCUT2D eigenvalue weighted by Crippen LogP contribution is -2.08. The molecule has 3 nitrogen and oxygen atoms in total. The maximum absolute atomic E-state index is 6.04. The van der Waals surface area contributed by atoms with Crippen molar-refractivity contribution >= 4 is 28.8 Å². The third kappa shape index (κ3) is 3.47. The number of unbranched alkanes of at least 4 members (excludes halogenated alkanes) is 1. The number of nitrogens with two attached hydrogens (primary N) is 1. The third-order valence-electron chi connectivity index (χ3n) is 2.34. The molecule has 0 saturated heterocycles. The van der Waals surface area contributed by atoms with Gasteiger partial charge in [0, 0.05) is 6.54 Å². The van der Waals surface area contributed by atoms with E-state index in [1.807, 2.05) is 18.5 Å². The number of aryl methyl sites for hydroxylation is 2. The van der Waals surface area contributed by atoms with Crippen molar-refractivity contribution in [2.75, 3.05) is 0 Å². The first-order valence-electron chi connectivity index (χ1n) is 5.00.